The minimum Gasteiger partial charge on any atom is -0.316 e. The Morgan fingerprint density at radius 3 is 2.62 bits per heavy atom. The molecule has 21 heavy (non-hydrogen) atoms. The van der Waals surface area contributed by atoms with Gasteiger partial charge in [-0.3, -0.25) is 4.72 Å². The van der Waals surface area contributed by atoms with Crippen LogP contribution in [-0.4, -0.2) is 20.4 Å². The second-order valence-corrected chi connectivity index (χ2v) is 5.89. The van der Waals surface area contributed by atoms with E-state index in [0.29, 0.717) is 5.56 Å². The van der Waals surface area contributed by atoms with Crippen molar-refractivity contribution in [2.75, 3.05) is 11.8 Å². The number of benzene rings is 1. The molecular formula is C13H13F2N3O2S. The Morgan fingerprint density at radius 1 is 1.24 bits per heavy atom. The van der Waals surface area contributed by atoms with Gasteiger partial charge in [0.2, 0.25) is 0 Å². The van der Waals surface area contributed by atoms with Crippen LogP contribution in [0, 0.1) is 11.6 Å². The van der Waals surface area contributed by atoms with E-state index in [1.165, 1.54) is 12.3 Å². The molecule has 1 heterocycles. The number of rotatable bonds is 5. The second kappa shape index (κ2) is 6.15. The van der Waals surface area contributed by atoms with E-state index in [0.717, 1.165) is 12.1 Å². The van der Waals surface area contributed by atoms with Crippen LogP contribution < -0.4 is 10.0 Å². The van der Waals surface area contributed by atoms with Crippen molar-refractivity contribution >= 4 is 15.8 Å². The van der Waals surface area contributed by atoms with Crippen molar-refractivity contribution in [3.05, 3.63) is 53.7 Å². The number of hydrogen-bond acceptors (Lipinski definition) is 4. The SMILES string of the molecule is CNCc1cc(F)c(F)c(S(=O)(=O)Nc2ccccn2)c1. The van der Waals surface area contributed by atoms with Gasteiger partial charge in [-0.25, -0.2) is 22.2 Å². The molecule has 0 spiro atoms. The van der Waals surface area contributed by atoms with Crippen LogP contribution in [-0.2, 0) is 16.6 Å². The molecule has 0 fully saturated rings. The standard InChI is InChI=1S/C13H13F2N3O2S/c1-16-8-9-6-10(14)13(15)11(7-9)21(19,20)18-12-4-2-3-5-17-12/h2-7,16H,8H2,1H3,(H,17,18). The third kappa shape index (κ3) is 3.53. The lowest BCUT2D eigenvalue weighted by molar-refractivity contribution is 0.483. The molecule has 112 valence electrons. The summed E-state index contributed by atoms with van der Waals surface area (Å²) in [6.07, 6.45) is 1.38. The molecule has 0 unspecified atom stereocenters. The van der Waals surface area contributed by atoms with Crippen LogP contribution in [0.4, 0.5) is 14.6 Å². The van der Waals surface area contributed by atoms with Crippen molar-refractivity contribution in [3.8, 4) is 0 Å². The third-order valence-corrected chi connectivity index (χ3v) is 3.98. The molecule has 0 aliphatic carbocycles. The number of hydrogen-bond donors (Lipinski definition) is 2. The van der Waals surface area contributed by atoms with E-state index in [4.69, 9.17) is 0 Å². The predicted octanol–water partition coefficient (Wildman–Crippen LogP) is 1.88. The number of halogens is 2. The molecule has 2 aromatic rings. The Hall–Kier alpha value is -2.06. The fourth-order valence-corrected chi connectivity index (χ4v) is 2.88. The van der Waals surface area contributed by atoms with Crippen molar-refractivity contribution in [3.63, 3.8) is 0 Å². The van der Waals surface area contributed by atoms with E-state index < -0.39 is 26.6 Å². The highest BCUT2D eigenvalue weighted by Crippen LogP contribution is 2.22. The summed E-state index contributed by atoms with van der Waals surface area (Å²) in [6, 6.07) is 6.61. The summed E-state index contributed by atoms with van der Waals surface area (Å²) < 4.78 is 53.7. The zero-order valence-electron chi connectivity index (χ0n) is 11.1. The first-order valence-corrected chi connectivity index (χ1v) is 7.48. The van der Waals surface area contributed by atoms with Gasteiger partial charge in [0.05, 0.1) is 0 Å². The van der Waals surface area contributed by atoms with Gasteiger partial charge in [0.25, 0.3) is 10.0 Å². The molecule has 0 bridgehead atoms. The Labute approximate surface area is 121 Å². The number of nitrogens with one attached hydrogen (secondary N) is 2. The topological polar surface area (TPSA) is 71.1 Å². The molecule has 2 rings (SSSR count). The number of pyridine rings is 1. The summed E-state index contributed by atoms with van der Waals surface area (Å²) in [7, 11) is -2.65. The first-order valence-electron chi connectivity index (χ1n) is 6.00. The average Bonchev–Trinajstić information content (AvgIpc) is 2.43. The third-order valence-electron chi connectivity index (χ3n) is 2.63. The zero-order chi connectivity index (χ0) is 15.5. The van der Waals surface area contributed by atoms with Crippen molar-refractivity contribution < 1.29 is 17.2 Å². The molecule has 5 nitrogen and oxygen atoms in total. The maximum absolute atomic E-state index is 13.8. The molecule has 0 aliphatic rings. The van der Waals surface area contributed by atoms with Crippen molar-refractivity contribution in [1.82, 2.24) is 10.3 Å². The number of nitrogens with zero attached hydrogens (tertiary/aromatic N) is 1. The van der Waals surface area contributed by atoms with Gasteiger partial charge in [-0.05, 0) is 36.9 Å². The smallest absolute Gasteiger partial charge is 0.266 e. The molecule has 0 atom stereocenters. The number of aromatic nitrogens is 1. The minimum absolute atomic E-state index is 0.0244. The molecular weight excluding hydrogens is 300 g/mol. The molecule has 0 radical (unpaired) electrons. The lowest BCUT2D eigenvalue weighted by Crippen LogP contribution is -2.17. The van der Waals surface area contributed by atoms with Crippen molar-refractivity contribution in [1.29, 1.82) is 0 Å². The summed E-state index contributed by atoms with van der Waals surface area (Å²) in [5.74, 6) is -2.61. The Morgan fingerprint density at radius 2 is 2.00 bits per heavy atom. The van der Waals surface area contributed by atoms with E-state index in [1.54, 1.807) is 19.2 Å². The van der Waals surface area contributed by atoms with Crippen LogP contribution in [0.25, 0.3) is 0 Å². The zero-order valence-corrected chi connectivity index (χ0v) is 11.9. The second-order valence-electron chi connectivity index (χ2n) is 4.24. The molecule has 8 heteroatoms. The Balaban J connectivity index is 2.44. The van der Waals surface area contributed by atoms with Gasteiger partial charge in [0, 0.05) is 12.7 Å². The average molecular weight is 313 g/mol. The Bertz CT molecular complexity index is 737. The van der Waals surface area contributed by atoms with Crippen molar-refractivity contribution in [2.45, 2.75) is 11.4 Å². The number of anilines is 1. The summed E-state index contributed by atoms with van der Waals surface area (Å²) in [5.41, 5.74) is 0.317. The van der Waals surface area contributed by atoms with Gasteiger partial charge >= 0.3 is 0 Å². The lowest BCUT2D eigenvalue weighted by atomic mass is 10.2. The van der Waals surface area contributed by atoms with Crippen LogP contribution in [0.1, 0.15) is 5.56 Å². The monoisotopic (exact) mass is 313 g/mol. The molecule has 0 saturated heterocycles. The van der Waals surface area contributed by atoms with Gasteiger partial charge in [-0.2, -0.15) is 0 Å². The lowest BCUT2D eigenvalue weighted by Gasteiger charge is -2.10. The maximum atomic E-state index is 13.8. The highest BCUT2D eigenvalue weighted by atomic mass is 32.2. The van der Waals surface area contributed by atoms with Crippen LogP contribution in [0.15, 0.2) is 41.4 Å². The largest absolute Gasteiger partial charge is 0.316 e. The van der Waals surface area contributed by atoms with Crippen LogP contribution in [0.3, 0.4) is 0 Å². The summed E-state index contributed by atoms with van der Waals surface area (Å²) in [6.45, 7) is 0.212. The van der Waals surface area contributed by atoms with Crippen molar-refractivity contribution in [2.24, 2.45) is 0 Å². The molecule has 0 saturated carbocycles. The van der Waals surface area contributed by atoms with Gasteiger partial charge in [-0.1, -0.05) is 6.07 Å². The summed E-state index contributed by atoms with van der Waals surface area (Å²) >= 11 is 0. The normalized spacial score (nSPS) is 11.4. The Kier molecular flexibility index (Phi) is 4.49. The quantitative estimate of drug-likeness (QED) is 0.884. The minimum atomic E-state index is -4.26. The molecule has 1 aromatic carbocycles. The highest BCUT2D eigenvalue weighted by Gasteiger charge is 2.23. The molecule has 0 aliphatic heterocycles. The predicted molar refractivity (Wildman–Crippen MR) is 74.2 cm³/mol. The van der Waals surface area contributed by atoms with E-state index in [1.807, 2.05) is 0 Å². The van der Waals surface area contributed by atoms with E-state index >= 15 is 0 Å². The first kappa shape index (κ1) is 15.3. The van der Waals surface area contributed by atoms with Gasteiger partial charge in [0.1, 0.15) is 10.7 Å². The van der Waals surface area contributed by atoms with Crippen LogP contribution in [0.5, 0.6) is 0 Å². The number of sulfonamides is 1. The molecule has 0 amide bonds. The van der Waals surface area contributed by atoms with Gasteiger partial charge < -0.3 is 5.32 Å². The van der Waals surface area contributed by atoms with Crippen LogP contribution >= 0.6 is 0 Å². The summed E-state index contributed by atoms with van der Waals surface area (Å²) in [5, 5.41) is 2.74. The van der Waals surface area contributed by atoms with Gasteiger partial charge in [0.15, 0.2) is 11.6 Å². The fraction of sp³-hybridized carbons (Fsp3) is 0.154. The summed E-state index contributed by atoms with van der Waals surface area (Å²) in [4.78, 5) is 3.03. The van der Waals surface area contributed by atoms with E-state index in [9.17, 15) is 17.2 Å². The molecule has 2 N–H and O–H groups in total. The van der Waals surface area contributed by atoms with Gasteiger partial charge in [-0.15, -0.1) is 0 Å². The highest BCUT2D eigenvalue weighted by molar-refractivity contribution is 7.92. The van der Waals surface area contributed by atoms with E-state index in [2.05, 4.69) is 15.0 Å². The maximum Gasteiger partial charge on any atom is 0.266 e. The van der Waals surface area contributed by atoms with E-state index in [-0.39, 0.29) is 12.4 Å². The van der Waals surface area contributed by atoms with Crippen LogP contribution in [0.2, 0.25) is 0 Å². The first-order chi connectivity index (χ1) is 9.94. The fourth-order valence-electron chi connectivity index (χ4n) is 1.73. The molecule has 1 aromatic heterocycles.